The molecule has 0 spiro atoms. The molecule has 3 N–H and O–H groups in total. The van der Waals surface area contributed by atoms with Gasteiger partial charge < -0.3 is 10.3 Å². The Morgan fingerprint density at radius 2 is 1.76 bits per heavy atom. The van der Waals surface area contributed by atoms with E-state index in [0.29, 0.717) is 5.82 Å². The van der Waals surface area contributed by atoms with Crippen molar-refractivity contribution in [3.8, 4) is 33.8 Å². The molecule has 6 aromatic rings. The van der Waals surface area contributed by atoms with Crippen molar-refractivity contribution < 1.29 is 4.39 Å². The largest absolute Gasteiger partial charge is 0.384 e. The number of anilines is 1. The number of aromatic nitrogens is 5. The van der Waals surface area contributed by atoms with Crippen LogP contribution in [0, 0.1) is 11.7 Å². The summed E-state index contributed by atoms with van der Waals surface area (Å²) in [5, 5.41) is 12.3. The molecule has 6 nitrogen and oxygen atoms in total. The first-order chi connectivity index (χ1) is 18.7. The molecule has 0 atom stereocenters. The van der Waals surface area contributed by atoms with Crippen molar-refractivity contribution in [2.45, 2.75) is 25.7 Å². The quantitative estimate of drug-likeness (QED) is 0.219. The summed E-state index contributed by atoms with van der Waals surface area (Å²) < 4.78 is 13.9. The summed E-state index contributed by atoms with van der Waals surface area (Å²) >= 11 is 0. The number of rotatable bonds is 6. The topological polar surface area (TPSA) is 82.3 Å². The zero-order valence-electron chi connectivity index (χ0n) is 20.8. The van der Waals surface area contributed by atoms with Crippen molar-refractivity contribution in [2.24, 2.45) is 5.92 Å². The Bertz CT molecular complexity index is 1760. The second kappa shape index (κ2) is 9.41. The van der Waals surface area contributed by atoms with Gasteiger partial charge in [0.15, 0.2) is 5.82 Å². The van der Waals surface area contributed by atoms with Crippen molar-refractivity contribution in [3.63, 3.8) is 0 Å². The van der Waals surface area contributed by atoms with E-state index >= 15 is 0 Å². The summed E-state index contributed by atoms with van der Waals surface area (Å²) in [5.74, 6) is 1.15. The minimum absolute atomic E-state index is 0.270. The van der Waals surface area contributed by atoms with E-state index in [0.717, 1.165) is 68.0 Å². The highest BCUT2D eigenvalue weighted by molar-refractivity contribution is 5.98. The number of hydrogen-bond acceptors (Lipinski definition) is 4. The van der Waals surface area contributed by atoms with E-state index in [-0.39, 0.29) is 5.82 Å². The van der Waals surface area contributed by atoms with E-state index in [4.69, 9.17) is 4.98 Å². The predicted octanol–water partition coefficient (Wildman–Crippen LogP) is 7.58. The van der Waals surface area contributed by atoms with Gasteiger partial charge in [0.25, 0.3) is 0 Å². The number of benzene rings is 3. The van der Waals surface area contributed by atoms with E-state index < -0.39 is 0 Å². The van der Waals surface area contributed by atoms with Gasteiger partial charge in [-0.15, -0.1) is 0 Å². The molecule has 3 heterocycles. The molecule has 1 aliphatic rings. The molecule has 0 unspecified atom stereocenters. The zero-order valence-corrected chi connectivity index (χ0v) is 20.8. The maximum absolute atomic E-state index is 13.9. The SMILES string of the molecule is Fc1cccc(-c2cccc3[nH]c(-c4n[nH]c5ccc(-c6cncc(NCC7CCCC7)c6)cc45)nc23)c1. The lowest BCUT2D eigenvalue weighted by atomic mass is 10.0. The first kappa shape index (κ1) is 22.7. The van der Waals surface area contributed by atoms with Gasteiger partial charge in [0.05, 0.1) is 22.2 Å². The van der Waals surface area contributed by atoms with Gasteiger partial charge in [-0.05, 0) is 66.3 Å². The molecule has 0 bridgehead atoms. The predicted molar refractivity (Wildman–Crippen MR) is 150 cm³/mol. The summed E-state index contributed by atoms with van der Waals surface area (Å²) in [7, 11) is 0. The molecule has 0 radical (unpaired) electrons. The van der Waals surface area contributed by atoms with E-state index in [2.05, 4.69) is 43.7 Å². The molecule has 0 amide bonds. The van der Waals surface area contributed by atoms with Crippen LogP contribution < -0.4 is 5.32 Å². The zero-order chi connectivity index (χ0) is 25.5. The average Bonchev–Trinajstić information content (AvgIpc) is 3.71. The minimum atomic E-state index is -0.270. The number of H-pyrrole nitrogens is 2. The average molecular weight is 503 g/mol. The molecule has 38 heavy (non-hydrogen) atoms. The molecule has 188 valence electrons. The normalized spacial score (nSPS) is 14.0. The highest BCUT2D eigenvalue weighted by Gasteiger charge is 2.17. The lowest BCUT2D eigenvalue weighted by molar-refractivity contribution is 0.580. The molecule has 1 fully saturated rings. The fourth-order valence-electron chi connectivity index (χ4n) is 5.58. The summed E-state index contributed by atoms with van der Waals surface area (Å²) in [6, 6.07) is 20.9. The van der Waals surface area contributed by atoms with Gasteiger partial charge in [0.1, 0.15) is 11.5 Å². The Morgan fingerprint density at radius 1 is 0.868 bits per heavy atom. The molecule has 0 saturated heterocycles. The Hall–Kier alpha value is -4.52. The second-order valence-electron chi connectivity index (χ2n) is 10.1. The number of nitrogens with zero attached hydrogens (tertiary/aromatic N) is 3. The summed E-state index contributed by atoms with van der Waals surface area (Å²) in [6.07, 6.45) is 9.10. The Morgan fingerprint density at radius 3 is 2.66 bits per heavy atom. The first-order valence-corrected chi connectivity index (χ1v) is 13.1. The number of hydrogen-bond donors (Lipinski definition) is 3. The van der Waals surface area contributed by atoms with Crippen molar-refractivity contribution in [1.29, 1.82) is 0 Å². The van der Waals surface area contributed by atoms with Crippen LogP contribution in [0.1, 0.15) is 25.7 Å². The molecule has 3 aromatic heterocycles. The van der Waals surface area contributed by atoms with Crippen LogP contribution >= 0.6 is 0 Å². The van der Waals surface area contributed by atoms with Crippen LogP contribution in [0.25, 0.3) is 55.7 Å². The molecule has 0 aliphatic heterocycles. The van der Waals surface area contributed by atoms with Crippen molar-refractivity contribution >= 4 is 27.6 Å². The molecule has 1 saturated carbocycles. The van der Waals surface area contributed by atoms with Gasteiger partial charge >= 0.3 is 0 Å². The number of fused-ring (bicyclic) bond motifs is 2. The van der Waals surface area contributed by atoms with E-state index in [1.54, 1.807) is 6.07 Å². The van der Waals surface area contributed by atoms with Crippen molar-refractivity contribution in [2.75, 3.05) is 11.9 Å². The molecular weight excluding hydrogens is 475 g/mol. The van der Waals surface area contributed by atoms with Crippen LogP contribution in [0.3, 0.4) is 0 Å². The van der Waals surface area contributed by atoms with Crippen LogP contribution in [-0.4, -0.2) is 31.7 Å². The van der Waals surface area contributed by atoms with E-state index in [1.165, 1.54) is 37.8 Å². The number of pyridine rings is 1. The molecule has 1 aliphatic carbocycles. The standard InChI is InChI=1S/C31H27FN6/c32-23-8-3-7-21(13-23)25-9-4-10-28-29(25)36-31(35-28)30-26-15-20(11-12-27(26)37-38-30)22-14-24(18-33-17-22)34-16-19-5-1-2-6-19/h3-4,7-15,17-19,34H,1-2,5-6,16H2,(H,35,36)(H,37,38). The third-order valence-corrected chi connectivity index (χ3v) is 7.58. The van der Waals surface area contributed by atoms with Gasteiger partial charge in [-0.3, -0.25) is 10.1 Å². The minimum Gasteiger partial charge on any atom is -0.384 e. The Labute approximate surface area is 219 Å². The van der Waals surface area contributed by atoms with E-state index in [1.807, 2.05) is 42.7 Å². The fraction of sp³-hybridized carbons (Fsp3) is 0.194. The van der Waals surface area contributed by atoms with Crippen LogP contribution in [0.5, 0.6) is 0 Å². The van der Waals surface area contributed by atoms with Gasteiger partial charge in [0.2, 0.25) is 0 Å². The highest BCUT2D eigenvalue weighted by atomic mass is 19.1. The van der Waals surface area contributed by atoms with Crippen molar-refractivity contribution in [3.05, 3.63) is 84.9 Å². The Balaban J connectivity index is 1.24. The first-order valence-electron chi connectivity index (χ1n) is 13.1. The maximum atomic E-state index is 13.9. The van der Waals surface area contributed by atoms with Crippen molar-refractivity contribution in [1.82, 2.24) is 25.1 Å². The molecule has 3 aromatic carbocycles. The monoisotopic (exact) mass is 502 g/mol. The van der Waals surface area contributed by atoms with Crippen LogP contribution in [0.2, 0.25) is 0 Å². The van der Waals surface area contributed by atoms with E-state index in [9.17, 15) is 4.39 Å². The van der Waals surface area contributed by atoms with Gasteiger partial charge in [-0.25, -0.2) is 9.37 Å². The highest BCUT2D eigenvalue weighted by Crippen LogP contribution is 2.34. The third kappa shape index (κ3) is 4.20. The number of imidazole rings is 1. The summed E-state index contributed by atoms with van der Waals surface area (Å²) in [4.78, 5) is 12.8. The van der Waals surface area contributed by atoms with Crippen LogP contribution in [0.4, 0.5) is 10.1 Å². The number of para-hydroxylation sites is 1. The van der Waals surface area contributed by atoms with Gasteiger partial charge in [-0.1, -0.05) is 43.2 Å². The number of aromatic amines is 2. The summed E-state index contributed by atoms with van der Waals surface area (Å²) in [5.41, 5.74) is 8.15. The Kier molecular flexibility index (Phi) is 5.61. The number of halogens is 1. The number of nitrogens with one attached hydrogen (secondary N) is 3. The lowest BCUT2D eigenvalue weighted by Gasteiger charge is -2.12. The molecular formula is C31H27FN6. The lowest BCUT2D eigenvalue weighted by Crippen LogP contribution is -2.11. The molecule has 7 heteroatoms. The molecule has 7 rings (SSSR count). The maximum Gasteiger partial charge on any atom is 0.159 e. The summed E-state index contributed by atoms with van der Waals surface area (Å²) in [6.45, 7) is 1.000. The van der Waals surface area contributed by atoms with Gasteiger partial charge in [0, 0.05) is 35.5 Å². The third-order valence-electron chi connectivity index (χ3n) is 7.58. The van der Waals surface area contributed by atoms with Crippen LogP contribution in [-0.2, 0) is 0 Å². The second-order valence-corrected chi connectivity index (χ2v) is 10.1. The van der Waals surface area contributed by atoms with Gasteiger partial charge in [-0.2, -0.15) is 5.10 Å². The fourth-order valence-corrected chi connectivity index (χ4v) is 5.58. The smallest absolute Gasteiger partial charge is 0.159 e. The van der Waals surface area contributed by atoms with Crippen LogP contribution in [0.15, 0.2) is 79.1 Å².